The molecule has 0 aromatic heterocycles. The average molecular weight is 635 g/mol. The number of benzene rings is 5. The van der Waals surface area contributed by atoms with Crippen LogP contribution in [0.4, 0.5) is 0 Å². The average Bonchev–Trinajstić information content (AvgIpc) is 2.99. The molecule has 0 fully saturated rings. The van der Waals surface area contributed by atoms with Crippen LogP contribution in [-0.2, 0) is 0 Å². The molecule has 46 heavy (non-hydrogen) atoms. The summed E-state index contributed by atoms with van der Waals surface area (Å²) < 4.78 is 0. The molecule has 5 aromatic rings. The molecule has 0 bridgehead atoms. The molecule has 5 rings (SSSR count). The predicted octanol–water partition coefficient (Wildman–Crippen LogP) is 12.8. The minimum absolute atomic E-state index is 0.467. The van der Waals surface area contributed by atoms with Crippen molar-refractivity contribution in [3.05, 3.63) is 107 Å². The molecule has 0 saturated heterocycles. The highest BCUT2D eigenvalue weighted by Crippen LogP contribution is 2.41. The number of hydrogen-bond acceptors (Lipinski definition) is 0. The second-order valence-corrected chi connectivity index (χ2v) is 25.0. The van der Waals surface area contributed by atoms with Gasteiger partial charge in [-0.1, -0.05) is 126 Å². The Kier molecular flexibility index (Phi) is 9.30. The second kappa shape index (κ2) is 12.8. The van der Waals surface area contributed by atoms with E-state index in [9.17, 15) is 0 Å². The third kappa shape index (κ3) is 5.47. The van der Waals surface area contributed by atoms with Crippen LogP contribution in [0.5, 0.6) is 0 Å². The Morgan fingerprint density at radius 1 is 0.478 bits per heavy atom. The molecule has 0 heterocycles. The van der Waals surface area contributed by atoms with E-state index in [-0.39, 0.29) is 0 Å². The summed E-state index contributed by atoms with van der Waals surface area (Å²) in [6, 6.07) is 26.8. The van der Waals surface area contributed by atoms with E-state index in [0.29, 0.717) is 22.2 Å². The first-order valence-corrected chi connectivity index (χ1v) is 21.3. The van der Waals surface area contributed by atoms with Gasteiger partial charge >= 0.3 is 0 Å². The molecule has 0 nitrogen and oxygen atoms in total. The lowest BCUT2D eigenvalue weighted by Crippen LogP contribution is -2.41. The van der Waals surface area contributed by atoms with Crippen LogP contribution in [0, 0.1) is 22.9 Å². The highest BCUT2D eigenvalue weighted by Gasteiger charge is 2.40. The largest absolute Gasteiger partial charge is 0.169 e. The van der Waals surface area contributed by atoms with Gasteiger partial charge in [-0.2, -0.15) is 0 Å². The van der Waals surface area contributed by atoms with E-state index in [2.05, 4.69) is 178 Å². The van der Waals surface area contributed by atoms with Crippen molar-refractivity contribution in [2.24, 2.45) is 0 Å². The summed E-state index contributed by atoms with van der Waals surface area (Å²) in [6.07, 6.45) is 0. The fourth-order valence-electron chi connectivity index (χ4n) is 8.29. The fraction of sp³-hybridized carbons (Fsp3) is 0.318. The molecule has 5 aromatic carbocycles. The molecule has 234 valence electrons. The quantitative estimate of drug-likeness (QED) is 0.0990. The molecule has 0 radical (unpaired) electrons. The topological polar surface area (TPSA) is 0 Å². The molecule has 0 aliphatic heterocycles. The first-order valence-electron chi connectivity index (χ1n) is 16.9. The van der Waals surface area contributed by atoms with E-state index < -0.39 is 16.1 Å². The third-order valence-electron chi connectivity index (χ3n) is 10.7. The zero-order chi connectivity index (χ0) is 33.6. The monoisotopic (exact) mass is 634 g/mol. The van der Waals surface area contributed by atoms with Gasteiger partial charge in [-0.05, 0) is 103 Å². The summed E-state index contributed by atoms with van der Waals surface area (Å²) in [5.41, 5.74) is 12.1. The zero-order valence-electron chi connectivity index (χ0n) is 29.7. The molecule has 0 saturated carbocycles. The van der Waals surface area contributed by atoms with Crippen LogP contribution in [-0.4, -0.2) is 16.1 Å². The molecule has 0 aliphatic rings. The van der Waals surface area contributed by atoms with E-state index in [4.69, 9.17) is 0 Å². The highest BCUT2D eigenvalue weighted by molar-refractivity contribution is 6.95. The van der Waals surface area contributed by atoms with Crippen LogP contribution >= 0.6 is 0 Å². The Hall–Kier alpha value is -3.83. The molecular formula is C44H50Si2. The van der Waals surface area contributed by atoms with Crippen molar-refractivity contribution < 1.29 is 0 Å². The van der Waals surface area contributed by atoms with Gasteiger partial charge in [0.05, 0.1) is 0 Å². The van der Waals surface area contributed by atoms with Crippen LogP contribution in [0.1, 0.15) is 80.4 Å². The number of fused-ring (bicyclic) bond motifs is 4. The SMILES string of the molecule is C=C(C)[Si](C#Cc1c2cc3ccccc3cc2c(C#C[Si](C(=C)C)(C(C)C)C(C)C)c2cc3ccccc3cc12)(C(C)C)C(C)C. The van der Waals surface area contributed by atoms with Crippen molar-refractivity contribution in [3.63, 3.8) is 0 Å². The lowest BCUT2D eigenvalue weighted by atomic mass is 9.89. The molecule has 0 N–H and O–H groups in total. The van der Waals surface area contributed by atoms with Gasteiger partial charge in [-0.3, -0.25) is 0 Å². The summed E-state index contributed by atoms with van der Waals surface area (Å²) in [5, 5.41) is 12.2. The Morgan fingerprint density at radius 3 is 0.913 bits per heavy atom. The second-order valence-electron chi connectivity index (χ2n) is 14.7. The Balaban J connectivity index is 2.04. The Bertz CT molecular complexity index is 1870. The maximum Gasteiger partial charge on any atom is 0.169 e. The van der Waals surface area contributed by atoms with Gasteiger partial charge in [-0.15, -0.1) is 24.2 Å². The Labute approximate surface area is 280 Å². The van der Waals surface area contributed by atoms with E-state index in [1.165, 1.54) is 53.5 Å². The molecule has 0 aliphatic carbocycles. The lowest BCUT2D eigenvalue weighted by Gasteiger charge is -2.35. The first kappa shape index (κ1) is 33.5. The van der Waals surface area contributed by atoms with Crippen molar-refractivity contribution in [3.8, 4) is 22.9 Å². The number of rotatable bonds is 6. The summed E-state index contributed by atoms with van der Waals surface area (Å²) in [4.78, 5) is 0. The Morgan fingerprint density at radius 2 is 0.717 bits per heavy atom. The van der Waals surface area contributed by atoms with Crippen LogP contribution in [0.2, 0.25) is 22.2 Å². The van der Waals surface area contributed by atoms with Gasteiger partial charge < -0.3 is 0 Å². The van der Waals surface area contributed by atoms with Gasteiger partial charge in [0.2, 0.25) is 0 Å². The predicted molar refractivity (Wildman–Crippen MR) is 212 cm³/mol. The van der Waals surface area contributed by atoms with Crippen molar-refractivity contribution in [1.29, 1.82) is 0 Å². The number of allylic oxidation sites excluding steroid dienone is 2. The van der Waals surface area contributed by atoms with Gasteiger partial charge in [0.25, 0.3) is 0 Å². The minimum Gasteiger partial charge on any atom is -0.120 e. The summed E-state index contributed by atoms with van der Waals surface area (Å²) in [5.74, 6) is 7.79. The summed E-state index contributed by atoms with van der Waals surface area (Å²) >= 11 is 0. The molecule has 0 unspecified atom stereocenters. The lowest BCUT2D eigenvalue weighted by molar-refractivity contribution is 0.920. The molecule has 0 spiro atoms. The van der Waals surface area contributed by atoms with Gasteiger partial charge in [-0.25, -0.2) is 0 Å². The third-order valence-corrected chi connectivity index (χ3v) is 21.9. The zero-order valence-corrected chi connectivity index (χ0v) is 31.7. The van der Waals surface area contributed by atoms with Crippen LogP contribution < -0.4 is 0 Å². The maximum atomic E-state index is 4.53. The van der Waals surface area contributed by atoms with Crippen molar-refractivity contribution in [1.82, 2.24) is 0 Å². The normalized spacial score (nSPS) is 12.3. The maximum absolute atomic E-state index is 4.53. The molecule has 0 amide bonds. The van der Waals surface area contributed by atoms with Crippen LogP contribution in [0.3, 0.4) is 0 Å². The van der Waals surface area contributed by atoms with Gasteiger partial charge in [0.1, 0.15) is 0 Å². The number of hydrogen-bond donors (Lipinski definition) is 0. The van der Waals surface area contributed by atoms with Crippen molar-refractivity contribution in [2.75, 3.05) is 0 Å². The molecule has 2 heteroatoms. The smallest absolute Gasteiger partial charge is 0.120 e. The van der Waals surface area contributed by atoms with Crippen LogP contribution in [0.25, 0.3) is 43.1 Å². The summed E-state index contributed by atoms with van der Waals surface area (Å²) in [7, 11) is -4.34. The minimum atomic E-state index is -2.17. The van der Waals surface area contributed by atoms with Crippen molar-refractivity contribution in [2.45, 2.75) is 91.4 Å². The van der Waals surface area contributed by atoms with Gasteiger partial charge in [0.15, 0.2) is 16.1 Å². The molecule has 0 atom stereocenters. The van der Waals surface area contributed by atoms with E-state index in [0.717, 1.165) is 11.1 Å². The highest BCUT2D eigenvalue weighted by atomic mass is 28.3. The van der Waals surface area contributed by atoms with Crippen molar-refractivity contribution >= 4 is 59.2 Å². The van der Waals surface area contributed by atoms with E-state index >= 15 is 0 Å². The van der Waals surface area contributed by atoms with Crippen LogP contribution in [0.15, 0.2) is 96.3 Å². The van der Waals surface area contributed by atoms with E-state index in [1.807, 2.05) is 0 Å². The fourth-order valence-corrected chi connectivity index (χ4v) is 17.1. The molecular weight excluding hydrogens is 585 g/mol. The van der Waals surface area contributed by atoms with E-state index in [1.54, 1.807) is 0 Å². The summed E-state index contributed by atoms with van der Waals surface area (Å²) in [6.45, 7) is 32.2. The van der Waals surface area contributed by atoms with Gasteiger partial charge in [0, 0.05) is 11.1 Å². The standard InChI is InChI=1S/C44H50Si2/c1-29(2)45(30(3)4,31(5)6)23-21-39-41-25-35-17-13-15-19-37(35)27-43(41)40(22-24-46(32(7)8,33(9)10)34(11)12)44-28-38-20-16-14-18-36(38)26-42(39)44/h13-20,25-28,30-31,33-34H,1,7H2,2-6,8-12H3. The first-order chi connectivity index (χ1) is 21.7.